The highest BCUT2D eigenvalue weighted by Crippen LogP contribution is 2.04. The van der Waals surface area contributed by atoms with Crippen LogP contribution in [-0.2, 0) is 16.0 Å². The first kappa shape index (κ1) is 10.6. The van der Waals surface area contributed by atoms with Gasteiger partial charge in [0.1, 0.15) is 12.5 Å². The Morgan fingerprint density at radius 1 is 1.50 bits per heavy atom. The molecule has 0 aliphatic rings. The van der Waals surface area contributed by atoms with Crippen molar-refractivity contribution in [2.75, 3.05) is 0 Å². The van der Waals surface area contributed by atoms with E-state index in [9.17, 15) is 4.79 Å². The zero-order valence-electron chi connectivity index (χ0n) is 8.36. The fraction of sp³-hybridized carbons (Fsp3) is 0.750. The van der Waals surface area contributed by atoms with Crippen molar-refractivity contribution in [3.63, 3.8) is 0 Å². The average Bonchev–Trinajstić information content (AvgIpc) is 2.66. The second kappa shape index (κ2) is 5.31. The molecule has 0 unspecified atom stereocenters. The Labute approximate surface area is 82.0 Å². The summed E-state index contributed by atoms with van der Waals surface area (Å²) < 4.78 is 5.16. The van der Waals surface area contributed by atoms with Crippen LogP contribution in [-0.4, -0.2) is 32.7 Å². The molecule has 0 aromatic carbocycles. The lowest BCUT2D eigenvalue weighted by molar-refractivity contribution is -0.148. The van der Waals surface area contributed by atoms with Gasteiger partial charge in [-0.15, -0.1) is 10.2 Å². The molecule has 0 bridgehead atoms. The highest BCUT2D eigenvalue weighted by molar-refractivity contribution is 5.71. The number of hydrogen-bond acceptors (Lipinski definition) is 5. The summed E-state index contributed by atoms with van der Waals surface area (Å²) in [5.74, 6) is 0.0565. The molecule has 0 aliphatic carbocycles. The van der Waals surface area contributed by atoms with Gasteiger partial charge in [-0.05, 0) is 12.8 Å². The molecule has 1 N–H and O–H groups in total. The minimum absolute atomic E-state index is 0.00518. The molecule has 0 saturated carbocycles. The third-order valence-corrected chi connectivity index (χ3v) is 1.90. The number of tetrazole rings is 1. The number of H-pyrrole nitrogens is 1. The molecule has 0 spiro atoms. The maximum absolute atomic E-state index is 11.3. The van der Waals surface area contributed by atoms with E-state index in [0.717, 1.165) is 12.8 Å². The van der Waals surface area contributed by atoms with E-state index in [0.29, 0.717) is 5.82 Å². The Morgan fingerprint density at radius 2 is 2.21 bits per heavy atom. The van der Waals surface area contributed by atoms with Gasteiger partial charge in [-0.1, -0.05) is 19.1 Å². The number of aromatic amines is 1. The van der Waals surface area contributed by atoms with Crippen molar-refractivity contribution in [1.29, 1.82) is 0 Å². The summed E-state index contributed by atoms with van der Waals surface area (Å²) in [5, 5.41) is 13.0. The van der Waals surface area contributed by atoms with Crippen LogP contribution in [0.5, 0.6) is 0 Å². The molecule has 1 aromatic rings. The van der Waals surface area contributed by atoms with E-state index in [1.54, 1.807) is 0 Å². The van der Waals surface area contributed by atoms with E-state index in [2.05, 4.69) is 20.6 Å². The first-order chi connectivity index (χ1) is 6.76. The molecule has 78 valence electrons. The summed E-state index contributed by atoms with van der Waals surface area (Å²) in [6.07, 6.45) is 1.73. The topological polar surface area (TPSA) is 80.8 Å². The first-order valence-corrected chi connectivity index (χ1v) is 4.68. The summed E-state index contributed by atoms with van der Waals surface area (Å²) >= 11 is 0. The fourth-order valence-electron chi connectivity index (χ4n) is 1.07. The molecule has 1 heterocycles. The van der Waals surface area contributed by atoms with E-state index >= 15 is 0 Å². The summed E-state index contributed by atoms with van der Waals surface area (Å²) in [7, 11) is 0. The average molecular weight is 198 g/mol. The standard InChI is InChI=1S/C8H14N4O2/c1-3-6(4-2)14-8(13)5-7-9-11-12-10-7/h6H,3-5H2,1-2H3,(H,9,10,11,12). The van der Waals surface area contributed by atoms with E-state index in [1.807, 2.05) is 13.8 Å². The molecule has 0 radical (unpaired) electrons. The maximum Gasteiger partial charge on any atom is 0.313 e. The quantitative estimate of drug-likeness (QED) is 0.696. The van der Waals surface area contributed by atoms with Crippen LogP contribution in [0.25, 0.3) is 0 Å². The molecular weight excluding hydrogens is 184 g/mol. The van der Waals surface area contributed by atoms with Gasteiger partial charge in [-0.25, -0.2) is 0 Å². The third-order valence-electron chi connectivity index (χ3n) is 1.90. The van der Waals surface area contributed by atoms with Crippen LogP contribution >= 0.6 is 0 Å². The minimum Gasteiger partial charge on any atom is -0.462 e. The first-order valence-electron chi connectivity index (χ1n) is 4.68. The second-order valence-electron chi connectivity index (χ2n) is 2.93. The van der Waals surface area contributed by atoms with Gasteiger partial charge in [-0.2, -0.15) is 5.21 Å². The lowest BCUT2D eigenvalue weighted by Gasteiger charge is -2.12. The lowest BCUT2D eigenvalue weighted by Crippen LogP contribution is -2.18. The van der Waals surface area contributed by atoms with Crippen molar-refractivity contribution >= 4 is 5.97 Å². The smallest absolute Gasteiger partial charge is 0.313 e. The van der Waals surface area contributed by atoms with Gasteiger partial charge >= 0.3 is 5.97 Å². The largest absolute Gasteiger partial charge is 0.462 e. The van der Waals surface area contributed by atoms with Gasteiger partial charge in [0, 0.05) is 0 Å². The van der Waals surface area contributed by atoms with Crippen molar-refractivity contribution in [2.24, 2.45) is 0 Å². The fourth-order valence-corrected chi connectivity index (χ4v) is 1.07. The van der Waals surface area contributed by atoms with Crippen LogP contribution < -0.4 is 0 Å². The Kier molecular flexibility index (Phi) is 4.03. The Hall–Kier alpha value is -1.46. The summed E-state index contributed by atoms with van der Waals surface area (Å²) in [5.41, 5.74) is 0. The molecule has 1 aromatic heterocycles. The van der Waals surface area contributed by atoms with Gasteiger partial charge in [0.15, 0.2) is 5.82 Å². The van der Waals surface area contributed by atoms with E-state index in [1.165, 1.54) is 0 Å². The predicted molar refractivity (Wildman–Crippen MR) is 48.3 cm³/mol. The molecule has 0 aliphatic heterocycles. The number of rotatable bonds is 5. The predicted octanol–water partition coefficient (Wildman–Crippen LogP) is 0.474. The second-order valence-corrected chi connectivity index (χ2v) is 2.93. The third kappa shape index (κ3) is 3.12. The highest BCUT2D eigenvalue weighted by atomic mass is 16.5. The molecule has 0 saturated heterocycles. The minimum atomic E-state index is -0.305. The number of esters is 1. The number of carbonyl (C=O) groups is 1. The van der Waals surface area contributed by atoms with E-state index < -0.39 is 0 Å². The molecule has 0 amide bonds. The zero-order valence-corrected chi connectivity index (χ0v) is 8.36. The van der Waals surface area contributed by atoms with Crippen LogP contribution in [0.1, 0.15) is 32.5 Å². The van der Waals surface area contributed by atoms with Crippen molar-refractivity contribution in [1.82, 2.24) is 20.6 Å². The number of carbonyl (C=O) groups excluding carboxylic acids is 1. The molecular formula is C8H14N4O2. The number of nitrogens with one attached hydrogen (secondary N) is 1. The molecule has 1 rings (SSSR count). The van der Waals surface area contributed by atoms with E-state index in [4.69, 9.17) is 4.74 Å². The Balaban J connectivity index is 2.35. The van der Waals surface area contributed by atoms with Crippen molar-refractivity contribution < 1.29 is 9.53 Å². The number of hydrogen-bond donors (Lipinski definition) is 1. The van der Waals surface area contributed by atoms with Crippen molar-refractivity contribution in [2.45, 2.75) is 39.2 Å². The molecule has 6 nitrogen and oxygen atoms in total. The zero-order chi connectivity index (χ0) is 10.4. The van der Waals surface area contributed by atoms with Gasteiger partial charge in [0.05, 0.1) is 0 Å². The van der Waals surface area contributed by atoms with Crippen LogP contribution in [0.2, 0.25) is 0 Å². The molecule has 0 atom stereocenters. The van der Waals surface area contributed by atoms with Gasteiger partial charge < -0.3 is 4.74 Å². The van der Waals surface area contributed by atoms with Crippen LogP contribution in [0, 0.1) is 0 Å². The lowest BCUT2D eigenvalue weighted by atomic mass is 10.2. The normalized spacial score (nSPS) is 10.5. The summed E-state index contributed by atoms with van der Waals surface area (Å²) in [4.78, 5) is 11.3. The SMILES string of the molecule is CCC(CC)OC(=O)Cc1nn[nH]n1. The Morgan fingerprint density at radius 3 is 2.71 bits per heavy atom. The summed E-state index contributed by atoms with van der Waals surface area (Å²) in [6.45, 7) is 3.96. The number of aromatic nitrogens is 4. The van der Waals surface area contributed by atoms with E-state index in [-0.39, 0.29) is 18.5 Å². The summed E-state index contributed by atoms with van der Waals surface area (Å²) in [6, 6.07) is 0. The monoisotopic (exact) mass is 198 g/mol. The molecule has 14 heavy (non-hydrogen) atoms. The molecule has 6 heteroatoms. The van der Waals surface area contributed by atoms with Crippen molar-refractivity contribution in [3.8, 4) is 0 Å². The Bertz CT molecular complexity index is 269. The number of nitrogens with zero attached hydrogens (tertiary/aromatic N) is 3. The van der Waals surface area contributed by atoms with Crippen LogP contribution in [0.3, 0.4) is 0 Å². The number of ether oxygens (including phenoxy) is 1. The van der Waals surface area contributed by atoms with Crippen molar-refractivity contribution in [3.05, 3.63) is 5.82 Å². The van der Waals surface area contributed by atoms with Crippen LogP contribution in [0.15, 0.2) is 0 Å². The highest BCUT2D eigenvalue weighted by Gasteiger charge is 2.13. The van der Waals surface area contributed by atoms with Gasteiger partial charge in [0.2, 0.25) is 0 Å². The van der Waals surface area contributed by atoms with Gasteiger partial charge in [-0.3, -0.25) is 4.79 Å². The van der Waals surface area contributed by atoms with Gasteiger partial charge in [0.25, 0.3) is 0 Å². The van der Waals surface area contributed by atoms with Crippen LogP contribution in [0.4, 0.5) is 0 Å². The maximum atomic E-state index is 11.3. The molecule has 0 fully saturated rings.